The number of halogens is 1. The van der Waals surface area contributed by atoms with E-state index >= 15 is 0 Å². The molecule has 3 rings (SSSR count). The fourth-order valence-corrected chi connectivity index (χ4v) is 3.03. The Balaban J connectivity index is 1.70. The molecule has 0 spiro atoms. The molecule has 2 fully saturated rings. The van der Waals surface area contributed by atoms with Gasteiger partial charge in [-0.3, -0.25) is 4.79 Å². The Morgan fingerprint density at radius 1 is 1.48 bits per heavy atom. The molecule has 0 unspecified atom stereocenters. The molecule has 5 heteroatoms. The fraction of sp³-hybridized carbons (Fsp3) is 0.562. The lowest BCUT2D eigenvalue weighted by Crippen LogP contribution is -2.49. The van der Waals surface area contributed by atoms with Crippen LogP contribution >= 0.6 is 0 Å². The van der Waals surface area contributed by atoms with Gasteiger partial charge >= 0.3 is 0 Å². The van der Waals surface area contributed by atoms with Gasteiger partial charge in [-0.25, -0.2) is 4.39 Å². The van der Waals surface area contributed by atoms with Crippen LogP contribution in [0.15, 0.2) is 18.2 Å². The van der Waals surface area contributed by atoms with E-state index in [1.165, 1.54) is 6.07 Å². The van der Waals surface area contributed by atoms with Crippen LogP contribution in [0, 0.1) is 12.7 Å². The van der Waals surface area contributed by atoms with Gasteiger partial charge in [0.25, 0.3) is 0 Å². The van der Waals surface area contributed by atoms with Gasteiger partial charge < -0.3 is 15.0 Å². The molecule has 2 heterocycles. The van der Waals surface area contributed by atoms with Gasteiger partial charge in [-0.15, -0.1) is 0 Å². The van der Waals surface area contributed by atoms with Crippen LogP contribution in [0.5, 0.6) is 0 Å². The summed E-state index contributed by atoms with van der Waals surface area (Å²) < 4.78 is 19.1. The van der Waals surface area contributed by atoms with E-state index in [-0.39, 0.29) is 23.9 Å². The van der Waals surface area contributed by atoms with Crippen molar-refractivity contribution in [3.05, 3.63) is 35.1 Å². The summed E-state index contributed by atoms with van der Waals surface area (Å²) in [7, 11) is 0. The molecule has 2 atom stereocenters. The van der Waals surface area contributed by atoms with Crippen molar-refractivity contribution in [3.8, 4) is 0 Å². The molecule has 2 saturated heterocycles. The molecule has 0 aromatic heterocycles. The van der Waals surface area contributed by atoms with E-state index < -0.39 is 0 Å². The third-order valence-electron chi connectivity index (χ3n) is 4.29. The molecule has 114 valence electrons. The zero-order valence-corrected chi connectivity index (χ0v) is 12.3. The number of hydrogen-bond donors (Lipinski definition) is 1. The van der Waals surface area contributed by atoms with Crippen molar-refractivity contribution in [3.63, 3.8) is 0 Å². The number of hydrogen-bond acceptors (Lipinski definition) is 3. The normalized spacial score (nSPS) is 26.1. The van der Waals surface area contributed by atoms with Crippen molar-refractivity contribution >= 4 is 5.91 Å². The molecule has 4 nitrogen and oxygen atoms in total. The third kappa shape index (κ3) is 3.09. The van der Waals surface area contributed by atoms with Crippen LogP contribution in [0.2, 0.25) is 0 Å². The monoisotopic (exact) mass is 292 g/mol. The van der Waals surface area contributed by atoms with Gasteiger partial charge in [-0.2, -0.15) is 0 Å². The molecule has 0 radical (unpaired) electrons. The first-order valence-corrected chi connectivity index (χ1v) is 7.55. The van der Waals surface area contributed by atoms with Crippen LogP contribution in [-0.4, -0.2) is 43.1 Å². The molecule has 1 aromatic carbocycles. The van der Waals surface area contributed by atoms with Crippen LogP contribution in [0.1, 0.15) is 30.1 Å². The molecule has 2 aliphatic rings. The van der Waals surface area contributed by atoms with Crippen molar-refractivity contribution in [2.45, 2.75) is 31.9 Å². The highest BCUT2D eigenvalue weighted by atomic mass is 19.1. The predicted octanol–water partition coefficient (Wildman–Crippen LogP) is 1.79. The SMILES string of the molecule is Cc1cc([C@@H]2CN(C(=O)[C@H]3CCCN3)CCO2)ccc1F. The van der Waals surface area contributed by atoms with Crippen molar-refractivity contribution < 1.29 is 13.9 Å². The van der Waals surface area contributed by atoms with E-state index in [4.69, 9.17) is 4.74 Å². The minimum absolute atomic E-state index is 0.0429. The summed E-state index contributed by atoms with van der Waals surface area (Å²) in [5.74, 6) is -0.0442. The smallest absolute Gasteiger partial charge is 0.239 e. The summed E-state index contributed by atoms with van der Waals surface area (Å²) in [6.45, 7) is 4.36. The number of benzene rings is 1. The third-order valence-corrected chi connectivity index (χ3v) is 4.29. The molecule has 0 bridgehead atoms. The molecule has 1 amide bonds. The molecule has 21 heavy (non-hydrogen) atoms. The van der Waals surface area contributed by atoms with Crippen molar-refractivity contribution in [2.24, 2.45) is 0 Å². The Morgan fingerprint density at radius 3 is 3.05 bits per heavy atom. The number of aryl methyl sites for hydroxylation is 1. The van der Waals surface area contributed by atoms with Crippen molar-refractivity contribution in [1.82, 2.24) is 10.2 Å². The van der Waals surface area contributed by atoms with Crippen molar-refractivity contribution in [2.75, 3.05) is 26.2 Å². The first kappa shape index (κ1) is 14.5. The Hall–Kier alpha value is -1.46. The molecular weight excluding hydrogens is 271 g/mol. The summed E-state index contributed by atoms with van der Waals surface area (Å²) >= 11 is 0. The second-order valence-corrected chi connectivity index (χ2v) is 5.80. The maximum atomic E-state index is 13.4. The highest BCUT2D eigenvalue weighted by Crippen LogP contribution is 2.25. The number of nitrogens with zero attached hydrogens (tertiary/aromatic N) is 1. The van der Waals surface area contributed by atoms with Gasteiger partial charge in [0.2, 0.25) is 5.91 Å². The number of nitrogens with one attached hydrogen (secondary N) is 1. The predicted molar refractivity (Wildman–Crippen MR) is 77.4 cm³/mol. The Labute approximate surface area is 124 Å². The number of ether oxygens (including phenoxy) is 1. The van der Waals surface area contributed by atoms with Crippen molar-refractivity contribution in [1.29, 1.82) is 0 Å². The molecule has 1 aromatic rings. The van der Waals surface area contributed by atoms with E-state index in [1.54, 1.807) is 13.0 Å². The number of morpholine rings is 1. The van der Waals surface area contributed by atoms with Crippen LogP contribution in [0.3, 0.4) is 0 Å². The first-order chi connectivity index (χ1) is 10.1. The molecule has 1 N–H and O–H groups in total. The quantitative estimate of drug-likeness (QED) is 0.903. The van der Waals surface area contributed by atoms with Crippen LogP contribution in [0.25, 0.3) is 0 Å². The zero-order valence-electron chi connectivity index (χ0n) is 12.3. The summed E-state index contributed by atoms with van der Waals surface area (Å²) in [5.41, 5.74) is 1.54. The van der Waals surface area contributed by atoms with Gasteiger partial charge in [0, 0.05) is 6.54 Å². The summed E-state index contributed by atoms with van der Waals surface area (Å²) in [6, 6.07) is 4.97. The number of carbonyl (C=O) groups excluding carboxylic acids is 1. The second kappa shape index (κ2) is 6.12. The lowest BCUT2D eigenvalue weighted by molar-refractivity contribution is -0.140. The Kier molecular flexibility index (Phi) is 4.22. The standard InChI is InChI=1S/C16H21FN2O2/c1-11-9-12(4-5-13(11)17)15-10-19(7-8-21-15)16(20)14-3-2-6-18-14/h4-5,9,14-15,18H,2-3,6-8,10H2,1H3/t14-,15+/m1/s1. The lowest BCUT2D eigenvalue weighted by atomic mass is 10.0. The van der Waals surface area contributed by atoms with Crippen LogP contribution in [0.4, 0.5) is 4.39 Å². The largest absolute Gasteiger partial charge is 0.370 e. The molecule has 0 aliphatic carbocycles. The minimum Gasteiger partial charge on any atom is -0.370 e. The van der Waals surface area contributed by atoms with E-state index in [2.05, 4.69) is 5.32 Å². The summed E-state index contributed by atoms with van der Waals surface area (Å²) in [5, 5.41) is 3.24. The van der Waals surface area contributed by atoms with E-state index in [0.29, 0.717) is 25.3 Å². The second-order valence-electron chi connectivity index (χ2n) is 5.80. The van der Waals surface area contributed by atoms with Gasteiger partial charge in [-0.05, 0) is 43.5 Å². The van der Waals surface area contributed by atoms with Gasteiger partial charge in [-0.1, -0.05) is 12.1 Å². The van der Waals surface area contributed by atoms with Gasteiger partial charge in [0.15, 0.2) is 0 Å². The Morgan fingerprint density at radius 2 is 2.33 bits per heavy atom. The van der Waals surface area contributed by atoms with E-state index in [1.807, 2.05) is 11.0 Å². The van der Waals surface area contributed by atoms with E-state index in [9.17, 15) is 9.18 Å². The first-order valence-electron chi connectivity index (χ1n) is 7.55. The fourth-order valence-electron chi connectivity index (χ4n) is 3.03. The zero-order chi connectivity index (χ0) is 14.8. The molecule has 0 saturated carbocycles. The van der Waals surface area contributed by atoms with Gasteiger partial charge in [0.05, 0.1) is 19.2 Å². The van der Waals surface area contributed by atoms with Gasteiger partial charge in [0.1, 0.15) is 11.9 Å². The molecular formula is C16H21FN2O2. The maximum absolute atomic E-state index is 13.4. The minimum atomic E-state index is -0.211. The summed E-state index contributed by atoms with van der Waals surface area (Å²) in [6.07, 6.45) is 1.81. The average molecular weight is 292 g/mol. The lowest BCUT2D eigenvalue weighted by Gasteiger charge is -2.34. The Bertz CT molecular complexity index is 529. The maximum Gasteiger partial charge on any atom is 0.239 e. The highest BCUT2D eigenvalue weighted by Gasteiger charge is 2.31. The van der Waals surface area contributed by atoms with E-state index in [0.717, 1.165) is 24.9 Å². The number of rotatable bonds is 2. The number of carbonyl (C=O) groups is 1. The van der Waals surface area contributed by atoms with Crippen LogP contribution in [-0.2, 0) is 9.53 Å². The van der Waals surface area contributed by atoms with Crippen LogP contribution < -0.4 is 5.32 Å². The summed E-state index contributed by atoms with van der Waals surface area (Å²) in [4.78, 5) is 14.3. The molecule has 2 aliphatic heterocycles. The highest BCUT2D eigenvalue weighted by molar-refractivity contribution is 5.82. The topological polar surface area (TPSA) is 41.6 Å². The average Bonchev–Trinajstić information content (AvgIpc) is 3.04. The number of amides is 1.